The second-order valence-electron chi connectivity index (χ2n) is 3.26. The van der Waals surface area contributed by atoms with Crippen molar-refractivity contribution in [1.29, 1.82) is 0 Å². The fourth-order valence-corrected chi connectivity index (χ4v) is 2.32. The molecule has 7 heteroatoms. The summed E-state index contributed by atoms with van der Waals surface area (Å²) in [6.45, 7) is 0.0848. The Kier molecular flexibility index (Phi) is 3.46. The molecule has 0 fully saturated rings. The first-order valence-corrected chi connectivity index (χ1v) is 6.56. The predicted molar refractivity (Wildman–Crippen MR) is 62.0 cm³/mol. The average molecular weight is 273 g/mol. The molecule has 5 nitrogen and oxygen atoms in total. The number of nitrogens with zero attached hydrogens (tertiary/aromatic N) is 1. The van der Waals surface area contributed by atoms with E-state index in [1.807, 2.05) is 0 Å². The average Bonchev–Trinajstić information content (AvgIpc) is 2.80. The number of halogens is 1. The minimum atomic E-state index is -3.54. The molecule has 0 amide bonds. The van der Waals surface area contributed by atoms with E-state index in [0.717, 1.165) is 0 Å². The number of rotatable bonds is 4. The first-order chi connectivity index (χ1) is 8.08. The summed E-state index contributed by atoms with van der Waals surface area (Å²) < 4.78 is 30.8. The number of hydrogen-bond acceptors (Lipinski definition) is 4. The van der Waals surface area contributed by atoms with E-state index < -0.39 is 10.0 Å². The zero-order chi connectivity index (χ0) is 12.3. The Labute approximate surface area is 103 Å². The molecule has 1 N–H and O–H groups in total. The van der Waals surface area contributed by atoms with Crippen molar-refractivity contribution in [2.24, 2.45) is 0 Å². The lowest BCUT2D eigenvalue weighted by atomic mass is 10.4. The Balaban J connectivity index is 2.11. The minimum Gasteiger partial charge on any atom is -0.451 e. The summed E-state index contributed by atoms with van der Waals surface area (Å²) >= 11 is 5.68. The van der Waals surface area contributed by atoms with Gasteiger partial charge in [0.2, 0.25) is 10.0 Å². The fraction of sp³-hybridized carbons (Fsp3) is 0.100. The maximum absolute atomic E-state index is 11.8. The number of aromatic nitrogens is 1. The fourth-order valence-electron chi connectivity index (χ4n) is 1.19. The van der Waals surface area contributed by atoms with Gasteiger partial charge >= 0.3 is 0 Å². The monoisotopic (exact) mass is 272 g/mol. The highest BCUT2D eigenvalue weighted by Crippen LogP contribution is 2.14. The summed E-state index contributed by atoms with van der Waals surface area (Å²) in [4.78, 5) is 3.97. The molecule has 0 aliphatic heterocycles. The lowest BCUT2D eigenvalue weighted by Gasteiger charge is -2.04. The van der Waals surface area contributed by atoms with E-state index in [-0.39, 0.29) is 11.4 Å². The third-order valence-corrected chi connectivity index (χ3v) is 3.72. The van der Waals surface area contributed by atoms with Crippen molar-refractivity contribution >= 4 is 21.6 Å². The van der Waals surface area contributed by atoms with Crippen LogP contribution in [0.15, 0.2) is 46.2 Å². The highest BCUT2D eigenvalue weighted by atomic mass is 35.5. The molecule has 0 atom stereocenters. The van der Waals surface area contributed by atoms with Gasteiger partial charge in [-0.1, -0.05) is 11.6 Å². The molecular weight excluding hydrogens is 264 g/mol. The van der Waals surface area contributed by atoms with E-state index in [1.165, 1.54) is 36.9 Å². The van der Waals surface area contributed by atoms with Gasteiger partial charge in [0.1, 0.15) is 6.26 Å². The van der Waals surface area contributed by atoms with Gasteiger partial charge in [-0.3, -0.25) is 0 Å². The van der Waals surface area contributed by atoms with Crippen LogP contribution in [-0.2, 0) is 16.6 Å². The second-order valence-corrected chi connectivity index (χ2v) is 5.46. The first kappa shape index (κ1) is 12.1. The molecule has 0 saturated carbocycles. The molecule has 0 spiro atoms. The Morgan fingerprint density at radius 1 is 1.29 bits per heavy atom. The Bertz CT molecular complexity index is 579. The van der Waals surface area contributed by atoms with Crippen LogP contribution >= 0.6 is 11.6 Å². The van der Waals surface area contributed by atoms with E-state index in [4.69, 9.17) is 16.0 Å². The molecule has 1 aromatic carbocycles. The lowest BCUT2D eigenvalue weighted by molar-refractivity contribution is 0.555. The molecule has 1 aromatic heterocycles. The molecule has 0 bridgehead atoms. The number of hydrogen-bond donors (Lipinski definition) is 1. The smallest absolute Gasteiger partial charge is 0.240 e. The van der Waals surface area contributed by atoms with E-state index >= 15 is 0 Å². The summed E-state index contributed by atoms with van der Waals surface area (Å²) in [7, 11) is -3.54. The summed E-state index contributed by atoms with van der Waals surface area (Å²) in [6, 6.07) is 5.92. The normalized spacial score (nSPS) is 11.6. The van der Waals surface area contributed by atoms with Crippen molar-refractivity contribution in [2.75, 3.05) is 0 Å². The molecule has 90 valence electrons. The van der Waals surface area contributed by atoms with Gasteiger partial charge in [-0.2, -0.15) is 0 Å². The maximum Gasteiger partial charge on any atom is 0.240 e. The van der Waals surface area contributed by atoms with Crippen LogP contribution in [-0.4, -0.2) is 13.4 Å². The van der Waals surface area contributed by atoms with E-state index in [9.17, 15) is 8.42 Å². The lowest BCUT2D eigenvalue weighted by Crippen LogP contribution is -2.23. The van der Waals surface area contributed by atoms with Crippen LogP contribution in [0.3, 0.4) is 0 Å². The van der Waals surface area contributed by atoms with E-state index in [0.29, 0.717) is 10.7 Å². The van der Waals surface area contributed by atoms with Gasteiger partial charge in [-0.25, -0.2) is 18.1 Å². The highest BCUT2D eigenvalue weighted by molar-refractivity contribution is 7.89. The third kappa shape index (κ3) is 3.06. The Hall–Kier alpha value is -1.37. The van der Waals surface area contributed by atoms with Crippen LogP contribution in [0.5, 0.6) is 0 Å². The van der Waals surface area contributed by atoms with Crippen molar-refractivity contribution in [3.05, 3.63) is 47.6 Å². The van der Waals surface area contributed by atoms with Crippen LogP contribution in [0.25, 0.3) is 0 Å². The topological polar surface area (TPSA) is 72.2 Å². The quantitative estimate of drug-likeness (QED) is 0.921. The van der Waals surface area contributed by atoms with Crippen molar-refractivity contribution in [1.82, 2.24) is 9.71 Å². The molecule has 2 aromatic rings. The van der Waals surface area contributed by atoms with Crippen LogP contribution in [0.1, 0.15) is 5.69 Å². The molecule has 2 rings (SSSR count). The van der Waals surface area contributed by atoms with Crippen LogP contribution < -0.4 is 4.72 Å². The van der Waals surface area contributed by atoms with E-state index in [1.54, 1.807) is 0 Å². The zero-order valence-electron chi connectivity index (χ0n) is 8.63. The molecule has 0 unspecified atom stereocenters. The molecule has 0 aliphatic rings. The number of nitrogens with one attached hydrogen (secondary N) is 1. The first-order valence-electron chi connectivity index (χ1n) is 4.70. The molecule has 0 aliphatic carbocycles. The van der Waals surface area contributed by atoms with Crippen molar-refractivity contribution in [3.63, 3.8) is 0 Å². The molecule has 0 saturated heterocycles. The summed E-state index contributed by atoms with van der Waals surface area (Å²) in [6.07, 6.45) is 2.62. The third-order valence-electron chi connectivity index (χ3n) is 2.05. The van der Waals surface area contributed by atoms with Crippen molar-refractivity contribution in [2.45, 2.75) is 11.4 Å². The number of oxazole rings is 1. The van der Waals surface area contributed by atoms with Gasteiger partial charge in [0.25, 0.3) is 0 Å². The maximum atomic E-state index is 11.8. The molecule has 0 radical (unpaired) electrons. The SMILES string of the molecule is O=S(=O)(NCc1cocn1)c1ccc(Cl)cc1. The zero-order valence-corrected chi connectivity index (χ0v) is 10.2. The van der Waals surface area contributed by atoms with Crippen molar-refractivity contribution < 1.29 is 12.8 Å². The standard InChI is InChI=1S/C10H9ClN2O3S/c11-8-1-3-10(4-2-8)17(14,15)13-5-9-6-16-7-12-9/h1-4,6-7,13H,5H2. The van der Waals surface area contributed by atoms with Crippen molar-refractivity contribution in [3.8, 4) is 0 Å². The summed E-state index contributed by atoms with van der Waals surface area (Å²) in [5, 5.41) is 0.487. The molecular formula is C10H9ClN2O3S. The van der Waals surface area contributed by atoms with Gasteiger partial charge in [0, 0.05) is 5.02 Å². The number of benzene rings is 1. The summed E-state index contributed by atoms with van der Waals surface area (Å²) in [5.41, 5.74) is 0.516. The largest absolute Gasteiger partial charge is 0.451 e. The molecule has 17 heavy (non-hydrogen) atoms. The van der Waals surface area contributed by atoms with Crippen LogP contribution in [0.2, 0.25) is 5.02 Å². The molecule has 1 heterocycles. The van der Waals surface area contributed by atoms with E-state index in [2.05, 4.69) is 9.71 Å². The summed E-state index contributed by atoms with van der Waals surface area (Å²) in [5.74, 6) is 0. The Morgan fingerprint density at radius 2 is 2.00 bits per heavy atom. The van der Waals surface area contributed by atoms with Gasteiger partial charge in [0.15, 0.2) is 6.39 Å². The van der Waals surface area contributed by atoms with Gasteiger partial charge in [-0.15, -0.1) is 0 Å². The second kappa shape index (κ2) is 4.87. The Morgan fingerprint density at radius 3 is 2.59 bits per heavy atom. The minimum absolute atomic E-state index is 0.0848. The van der Waals surface area contributed by atoms with Crippen LogP contribution in [0.4, 0.5) is 0 Å². The highest BCUT2D eigenvalue weighted by Gasteiger charge is 2.13. The van der Waals surface area contributed by atoms with Crippen LogP contribution in [0, 0.1) is 0 Å². The predicted octanol–water partition coefficient (Wildman–Crippen LogP) is 1.81. The van der Waals surface area contributed by atoms with Gasteiger partial charge in [-0.05, 0) is 24.3 Å². The van der Waals surface area contributed by atoms with Gasteiger partial charge in [0.05, 0.1) is 17.1 Å². The number of sulfonamides is 1. The van der Waals surface area contributed by atoms with Gasteiger partial charge < -0.3 is 4.42 Å².